The van der Waals surface area contributed by atoms with Crippen LogP contribution in [0, 0.1) is 6.92 Å². The number of para-hydroxylation sites is 1. The second-order valence-corrected chi connectivity index (χ2v) is 4.41. The zero-order valence-corrected chi connectivity index (χ0v) is 10.9. The van der Waals surface area contributed by atoms with Crippen LogP contribution in [0.3, 0.4) is 0 Å². The van der Waals surface area contributed by atoms with Crippen LogP contribution in [0.4, 0.5) is 0 Å². The number of rotatable bonds is 4. The maximum atomic E-state index is 6.16. The highest BCUT2D eigenvalue weighted by Gasteiger charge is 2.09. The molecule has 0 saturated carbocycles. The summed E-state index contributed by atoms with van der Waals surface area (Å²) in [7, 11) is 0. The highest BCUT2D eigenvalue weighted by molar-refractivity contribution is 6.32. The van der Waals surface area contributed by atoms with Gasteiger partial charge in [-0.2, -0.15) is 0 Å². The van der Waals surface area contributed by atoms with E-state index in [2.05, 4.69) is 4.98 Å². The topological polar surface area (TPSA) is 48.1 Å². The summed E-state index contributed by atoms with van der Waals surface area (Å²) >= 11 is 6.16. The summed E-state index contributed by atoms with van der Waals surface area (Å²) in [6.45, 7) is 2.49. The van der Waals surface area contributed by atoms with Crippen molar-refractivity contribution in [2.45, 2.75) is 13.3 Å². The molecule has 0 unspecified atom stereocenters. The van der Waals surface area contributed by atoms with E-state index in [1.165, 1.54) is 0 Å². The Morgan fingerprint density at radius 2 is 2.11 bits per heavy atom. The number of hydrogen-bond donors (Lipinski definition) is 1. The molecule has 0 spiro atoms. The first-order valence-corrected chi connectivity index (χ1v) is 6.16. The van der Waals surface area contributed by atoms with Gasteiger partial charge < -0.3 is 10.5 Å². The van der Waals surface area contributed by atoms with E-state index in [0.717, 1.165) is 17.7 Å². The van der Waals surface area contributed by atoms with E-state index in [0.29, 0.717) is 23.1 Å². The lowest BCUT2D eigenvalue weighted by molar-refractivity contribution is 0.474. The van der Waals surface area contributed by atoms with Crippen LogP contribution < -0.4 is 10.5 Å². The number of nitrogens with zero attached hydrogens (tertiary/aromatic N) is 1. The van der Waals surface area contributed by atoms with Crippen LogP contribution in [0.25, 0.3) is 0 Å². The Morgan fingerprint density at radius 1 is 1.28 bits per heavy atom. The molecule has 1 heterocycles. The SMILES string of the molecule is Cc1ccc(Oc2c(Cl)cccc2CCN)cn1. The Hall–Kier alpha value is -1.58. The van der Waals surface area contributed by atoms with Gasteiger partial charge in [0.15, 0.2) is 0 Å². The van der Waals surface area contributed by atoms with Crippen LogP contribution in [0.5, 0.6) is 11.5 Å². The molecule has 94 valence electrons. The molecule has 4 heteroatoms. The van der Waals surface area contributed by atoms with Crippen molar-refractivity contribution >= 4 is 11.6 Å². The first kappa shape index (κ1) is 12.9. The molecule has 0 bridgehead atoms. The van der Waals surface area contributed by atoms with Gasteiger partial charge in [-0.3, -0.25) is 4.98 Å². The molecule has 0 aliphatic heterocycles. The Balaban J connectivity index is 2.30. The van der Waals surface area contributed by atoms with E-state index in [1.54, 1.807) is 12.3 Å². The quantitative estimate of drug-likeness (QED) is 0.919. The largest absolute Gasteiger partial charge is 0.454 e. The molecule has 0 radical (unpaired) electrons. The lowest BCUT2D eigenvalue weighted by Gasteiger charge is -2.12. The second-order valence-electron chi connectivity index (χ2n) is 4.00. The summed E-state index contributed by atoms with van der Waals surface area (Å²) < 4.78 is 5.80. The van der Waals surface area contributed by atoms with Gasteiger partial charge in [0.1, 0.15) is 11.5 Å². The van der Waals surface area contributed by atoms with Gasteiger partial charge in [0, 0.05) is 5.69 Å². The van der Waals surface area contributed by atoms with Crippen LogP contribution in [-0.2, 0) is 6.42 Å². The first-order valence-electron chi connectivity index (χ1n) is 5.78. The smallest absolute Gasteiger partial charge is 0.149 e. The zero-order chi connectivity index (χ0) is 13.0. The molecule has 2 aromatic rings. The normalized spacial score (nSPS) is 10.4. The molecule has 0 atom stereocenters. The Morgan fingerprint density at radius 3 is 2.78 bits per heavy atom. The van der Waals surface area contributed by atoms with Gasteiger partial charge >= 0.3 is 0 Å². The highest BCUT2D eigenvalue weighted by atomic mass is 35.5. The third-order valence-electron chi connectivity index (χ3n) is 2.57. The standard InChI is InChI=1S/C14H15ClN2O/c1-10-5-6-12(9-17-10)18-14-11(7-8-16)3-2-4-13(14)15/h2-6,9H,7-8,16H2,1H3. The Kier molecular flexibility index (Phi) is 4.18. The predicted molar refractivity (Wildman–Crippen MR) is 73.3 cm³/mol. The number of hydrogen-bond acceptors (Lipinski definition) is 3. The lowest BCUT2D eigenvalue weighted by Crippen LogP contribution is -2.04. The van der Waals surface area contributed by atoms with E-state index < -0.39 is 0 Å². The summed E-state index contributed by atoms with van der Waals surface area (Å²) in [5, 5.41) is 0.585. The minimum atomic E-state index is 0.558. The van der Waals surface area contributed by atoms with Crippen molar-refractivity contribution in [3.05, 3.63) is 52.8 Å². The minimum absolute atomic E-state index is 0.558. The number of benzene rings is 1. The molecule has 2 rings (SSSR count). The molecule has 0 amide bonds. The van der Waals surface area contributed by atoms with Crippen LogP contribution in [-0.4, -0.2) is 11.5 Å². The lowest BCUT2D eigenvalue weighted by atomic mass is 10.1. The molecule has 0 fully saturated rings. The number of nitrogens with two attached hydrogens (primary N) is 1. The number of aromatic nitrogens is 1. The molecule has 18 heavy (non-hydrogen) atoms. The number of ether oxygens (including phenoxy) is 1. The van der Waals surface area contributed by atoms with Crippen molar-refractivity contribution in [3.63, 3.8) is 0 Å². The average Bonchev–Trinajstić information content (AvgIpc) is 2.36. The van der Waals surface area contributed by atoms with E-state index in [9.17, 15) is 0 Å². The van der Waals surface area contributed by atoms with E-state index in [-0.39, 0.29) is 0 Å². The van der Waals surface area contributed by atoms with Crippen molar-refractivity contribution in [1.29, 1.82) is 0 Å². The maximum absolute atomic E-state index is 6.16. The van der Waals surface area contributed by atoms with Gasteiger partial charge in [0.05, 0.1) is 11.2 Å². The summed E-state index contributed by atoms with van der Waals surface area (Å²) in [4.78, 5) is 4.19. The van der Waals surface area contributed by atoms with Gasteiger partial charge in [0.2, 0.25) is 0 Å². The minimum Gasteiger partial charge on any atom is -0.454 e. The molecule has 0 saturated heterocycles. The predicted octanol–water partition coefficient (Wildman–Crippen LogP) is 3.34. The fourth-order valence-electron chi connectivity index (χ4n) is 1.65. The van der Waals surface area contributed by atoms with Crippen LogP contribution >= 0.6 is 11.6 Å². The van der Waals surface area contributed by atoms with E-state index in [1.807, 2.05) is 31.2 Å². The number of pyridine rings is 1. The molecule has 3 nitrogen and oxygen atoms in total. The molecular weight excluding hydrogens is 248 g/mol. The second kappa shape index (κ2) is 5.85. The van der Waals surface area contributed by atoms with E-state index in [4.69, 9.17) is 22.1 Å². The summed E-state index contributed by atoms with van der Waals surface area (Å²) in [5.74, 6) is 1.34. The summed E-state index contributed by atoms with van der Waals surface area (Å²) in [5.41, 5.74) is 7.53. The van der Waals surface area contributed by atoms with Gasteiger partial charge in [-0.05, 0) is 43.7 Å². The van der Waals surface area contributed by atoms with Crippen molar-refractivity contribution in [2.24, 2.45) is 5.73 Å². The third-order valence-corrected chi connectivity index (χ3v) is 2.86. The molecule has 1 aromatic heterocycles. The fraction of sp³-hybridized carbons (Fsp3) is 0.214. The van der Waals surface area contributed by atoms with E-state index >= 15 is 0 Å². The summed E-state index contributed by atoms with van der Waals surface area (Å²) in [6, 6.07) is 9.44. The third kappa shape index (κ3) is 3.00. The zero-order valence-electron chi connectivity index (χ0n) is 10.2. The molecular formula is C14H15ClN2O. The van der Waals surface area contributed by atoms with Gasteiger partial charge in [0.25, 0.3) is 0 Å². The number of halogens is 1. The van der Waals surface area contributed by atoms with Crippen molar-refractivity contribution in [2.75, 3.05) is 6.54 Å². The first-order chi connectivity index (χ1) is 8.70. The van der Waals surface area contributed by atoms with Gasteiger partial charge in [-0.1, -0.05) is 23.7 Å². The van der Waals surface area contributed by atoms with Crippen LogP contribution in [0.2, 0.25) is 5.02 Å². The van der Waals surface area contributed by atoms with Gasteiger partial charge in [-0.15, -0.1) is 0 Å². The molecule has 0 aliphatic rings. The van der Waals surface area contributed by atoms with Gasteiger partial charge in [-0.25, -0.2) is 0 Å². The van der Waals surface area contributed by atoms with Crippen molar-refractivity contribution in [1.82, 2.24) is 4.98 Å². The molecule has 2 N–H and O–H groups in total. The monoisotopic (exact) mass is 262 g/mol. The molecule has 0 aliphatic carbocycles. The maximum Gasteiger partial charge on any atom is 0.149 e. The Bertz CT molecular complexity index is 526. The fourth-order valence-corrected chi connectivity index (χ4v) is 1.89. The van der Waals surface area contributed by atoms with Crippen molar-refractivity contribution in [3.8, 4) is 11.5 Å². The van der Waals surface area contributed by atoms with Crippen LogP contribution in [0.1, 0.15) is 11.3 Å². The highest BCUT2D eigenvalue weighted by Crippen LogP contribution is 2.32. The summed E-state index contributed by atoms with van der Waals surface area (Å²) in [6.07, 6.45) is 2.42. The van der Waals surface area contributed by atoms with Crippen molar-refractivity contribution < 1.29 is 4.74 Å². The number of aryl methyl sites for hydroxylation is 1. The molecule has 1 aromatic carbocycles. The Labute approximate surface area is 112 Å². The van der Waals surface area contributed by atoms with Crippen LogP contribution in [0.15, 0.2) is 36.5 Å². The average molecular weight is 263 g/mol.